The number of benzene rings is 2. The van der Waals surface area contributed by atoms with Crippen molar-refractivity contribution in [3.05, 3.63) is 54.6 Å². The first-order valence-electron chi connectivity index (χ1n) is 7.62. The predicted octanol–water partition coefficient (Wildman–Crippen LogP) is 2.66. The van der Waals surface area contributed by atoms with Gasteiger partial charge in [0, 0.05) is 26.8 Å². The van der Waals surface area contributed by atoms with Gasteiger partial charge in [-0.2, -0.15) is 0 Å². The summed E-state index contributed by atoms with van der Waals surface area (Å²) in [6.45, 7) is -0.0461. The smallest absolute Gasteiger partial charge is 0.319 e. The van der Waals surface area contributed by atoms with Gasteiger partial charge < -0.3 is 20.4 Å². The van der Waals surface area contributed by atoms with E-state index in [1.165, 1.54) is 4.90 Å². The zero-order chi connectivity index (χ0) is 17.5. The van der Waals surface area contributed by atoms with Gasteiger partial charge in [-0.3, -0.25) is 4.79 Å². The van der Waals surface area contributed by atoms with Crippen LogP contribution in [-0.2, 0) is 4.79 Å². The Labute approximate surface area is 142 Å². The van der Waals surface area contributed by atoms with Crippen LogP contribution >= 0.6 is 0 Å². The Hall–Kier alpha value is -3.02. The molecule has 0 bridgehead atoms. The molecule has 2 aromatic rings. The summed E-state index contributed by atoms with van der Waals surface area (Å²) in [6, 6.07) is 16.9. The lowest BCUT2D eigenvalue weighted by atomic mass is 10.2. The molecule has 0 radical (unpaired) electrons. The van der Waals surface area contributed by atoms with Crippen LogP contribution in [0.25, 0.3) is 0 Å². The van der Waals surface area contributed by atoms with E-state index < -0.39 is 6.03 Å². The van der Waals surface area contributed by atoms with E-state index >= 15 is 0 Å². The number of para-hydroxylation sites is 3. The molecule has 0 spiro atoms. The molecule has 0 aromatic heterocycles. The molecular weight excluding hydrogens is 304 g/mol. The fraction of sp³-hybridized carbons (Fsp3) is 0.222. The number of nitrogens with zero attached hydrogens (tertiary/aromatic N) is 2. The lowest BCUT2D eigenvalue weighted by Gasteiger charge is -2.23. The highest BCUT2D eigenvalue weighted by atomic mass is 16.2. The number of carbonyl (C=O) groups is 2. The third-order valence-electron chi connectivity index (χ3n) is 3.56. The summed E-state index contributed by atoms with van der Waals surface area (Å²) in [7, 11) is 5.22. The largest absolute Gasteiger partial charge is 0.347 e. The normalized spacial score (nSPS) is 9.96. The number of nitrogens with one attached hydrogen (secondary N) is 2. The van der Waals surface area contributed by atoms with E-state index in [2.05, 4.69) is 10.6 Å². The number of rotatable bonds is 5. The Morgan fingerprint density at radius 2 is 1.54 bits per heavy atom. The molecule has 3 amide bonds. The molecule has 0 saturated heterocycles. The number of hydrogen-bond donors (Lipinski definition) is 2. The number of hydrogen-bond acceptors (Lipinski definition) is 3. The van der Waals surface area contributed by atoms with Gasteiger partial charge in [0.1, 0.15) is 0 Å². The maximum atomic E-state index is 12.0. The summed E-state index contributed by atoms with van der Waals surface area (Å²) in [5, 5.41) is 5.35. The highest BCUT2D eigenvalue weighted by Crippen LogP contribution is 2.30. The highest BCUT2D eigenvalue weighted by molar-refractivity contribution is 5.95. The molecule has 2 aromatic carbocycles. The van der Waals surface area contributed by atoms with E-state index in [0.29, 0.717) is 5.69 Å². The minimum atomic E-state index is -0.417. The van der Waals surface area contributed by atoms with Gasteiger partial charge >= 0.3 is 6.03 Å². The minimum Gasteiger partial charge on any atom is -0.347 e. The molecule has 2 rings (SSSR count). The maximum absolute atomic E-state index is 12.0. The highest BCUT2D eigenvalue weighted by Gasteiger charge is 2.12. The first-order chi connectivity index (χ1) is 11.5. The van der Waals surface area contributed by atoms with Gasteiger partial charge in [0.05, 0.1) is 17.9 Å². The van der Waals surface area contributed by atoms with Crippen LogP contribution in [-0.4, -0.2) is 44.5 Å². The van der Waals surface area contributed by atoms with Gasteiger partial charge in [-0.25, -0.2) is 4.79 Å². The van der Waals surface area contributed by atoms with E-state index in [9.17, 15) is 9.59 Å². The molecule has 6 heteroatoms. The summed E-state index contributed by atoms with van der Waals surface area (Å²) >= 11 is 0. The van der Waals surface area contributed by atoms with Crippen molar-refractivity contribution in [1.29, 1.82) is 0 Å². The summed E-state index contributed by atoms with van der Waals surface area (Å²) in [6.07, 6.45) is 0. The van der Waals surface area contributed by atoms with Crippen molar-refractivity contribution in [1.82, 2.24) is 10.2 Å². The van der Waals surface area contributed by atoms with Crippen LogP contribution in [0.15, 0.2) is 54.6 Å². The Morgan fingerprint density at radius 3 is 2.21 bits per heavy atom. The van der Waals surface area contributed by atoms with E-state index in [0.717, 1.165) is 11.4 Å². The van der Waals surface area contributed by atoms with Crippen molar-refractivity contribution in [3.63, 3.8) is 0 Å². The van der Waals surface area contributed by atoms with E-state index in [1.54, 1.807) is 14.1 Å². The molecule has 6 nitrogen and oxygen atoms in total. The summed E-state index contributed by atoms with van der Waals surface area (Å²) < 4.78 is 0. The average Bonchev–Trinajstić information content (AvgIpc) is 2.60. The molecule has 0 aliphatic rings. The summed E-state index contributed by atoms with van der Waals surface area (Å²) in [4.78, 5) is 27.0. The Bertz CT molecular complexity index is 701. The zero-order valence-electron chi connectivity index (χ0n) is 14.1. The van der Waals surface area contributed by atoms with E-state index in [-0.39, 0.29) is 12.5 Å². The monoisotopic (exact) mass is 326 g/mol. The number of amides is 3. The number of urea groups is 1. The number of likely N-dealkylation sites (N-methyl/N-ethyl adjacent to an activating group) is 1. The molecule has 24 heavy (non-hydrogen) atoms. The molecule has 0 saturated carbocycles. The minimum absolute atomic E-state index is 0.0461. The van der Waals surface area contributed by atoms with Crippen LogP contribution < -0.4 is 15.5 Å². The SMILES string of the molecule is CN(C)C(=O)CNC(=O)Nc1ccccc1N(C)c1ccccc1. The second-order valence-electron chi connectivity index (χ2n) is 5.51. The van der Waals surface area contributed by atoms with Gasteiger partial charge in [-0.15, -0.1) is 0 Å². The third kappa shape index (κ3) is 4.49. The number of carbonyl (C=O) groups excluding carboxylic acids is 2. The van der Waals surface area contributed by atoms with Gasteiger partial charge in [0.25, 0.3) is 0 Å². The van der Waals surface area contributed by atoms with Crippen molar-refractivity contribution in [3.8, 4) is 0 Å². The lowest BCUT2D eigenvalue weighted by molar-refractivity contribution is -0.127. The average molecular weight is 326 g/mol. The van der Waals surface area contributed by atoms with Gasteiger partial charge in [0.15, 0.2) is 0 Å². The van der Waals surface area contributed by atoms with Crippen molar-refractivity contribution in [2.24, 2.45) is 0 Å². The Balaban J connectivity index is 2.09. The van der Waals surface area contributed by atoms with Crippen LogP contribution in [0, 0.1) is 0 Å². The topological polar surface area (TPSA) is 64.7 Å². The maximum Gasteiger partial charge on any atom is 0.319 e. The molecule has 0 aliphatic heterocycles. The first-order valence-corrected chi connectivity index (χ1v) is 7.62. The molecule has 0 unspecified atom stereocenters. The van der Waals surface area contributed by atoms with Crippen LogP contribution in [0.2, 0.25) is 0 Å². The second-order valence-corrected chi connectivity index (χ2v) is 5.51. The zero-order valence-corrected chi connectivity index (χ0v) is 14.1. The fourth-order valence-electron chi connectivity index (χ4n) is 2.14. The predicted molar refractivity (Wildman–Crippen MR) is 96.7 cm³/mol. The van der Waals surface area contributed by atoms with Gasteiger partial charge in [-0.05, 0) is 24.3 Å². The quantitative estimate of drug-likeness (QED) is 0.888. The van der Waals surface area contributed by atoms with E-state index in [1.807, 2.05) is 66.5 Å². The lowest BCUT2D eigenvalue weighted by Crippen LogP contribution is -2.38. The molecule has 0 atom stereocenters. The van der Waals surface area contributed by atoms with Crippen LogP contribution in [0.4, 0.5) is 21.9 Å². The van der Waals surface area contributed by atoms with Crippen molar-refractivity contribution < 1.29 is 9.59 Å². The number of anilines is 3. The molecule has 0 aliphatic carbocycles. The second kappa shape index (κ2) is 8.01. The van der Waals surface area contributed by atoms with Crippen LogP contribution in [0.5, 0.6) is 0 Å². The molecular formula is C18H22N4O2. The molecule has 0 heterocycles. The van der Waals surface area contributed by atoms with Crippen molar-refractivity contribution >= 4 is 29.0 Å². The fourth-order valence-corrected chi connectivity index (χ4v) is 2.14. The van der Waals surface area contributed by atoms with Gasteiger partial charge in [-0.1, -0.05) is 30.3 Å². The van der Waals surface area contributed by atoms with Crippen molar-refractivity contribution in [2.45, 2.75) is 0 Å². The first kappa shape index (κ1) is 17.3. The van der Waals surface area contributed by atoms with Crippen LogP contribution in [0.1, 0.15) is 0 Å². The summed E-state index contributed by atoms with van der Waals surface area (Å²) in [5.74, 6) is -0.167. The van der Waals surface area contributed by atoms with E-state index in [4.69, 9.17) is 0 Å². The standard InChI is InChI=1S/C18H22N4O2/c1-21(2)17(23)13-19-18(24)20-15-11-7-8-12-16(15)22(3)14-9-5-4-6-10-14/h4-12H,13H2,1-3H3,(H2,19,20,24). The van der Waals surface area contributed by atoms with Crippen molar-refractivity contribution in [2.75, 3.05) is 37.9 Å². The van der Waals surface area contributed by atoms with Gasteiger partial charge in [0.2, 0.25) is 5.91 Å². The Morgan fingerprint density at radius 1 is 0.917 bits per heavy atom. The summed E-state index contributed by atoms with van der Waals surface area (Å²) in [5.41, 5.74) is 2.53. The van der Waals surface area contributed by atoms with Crippen LogP contribution in [0.3, 0.4) is 0 Å². The molecule has 126 valence electrons. The third-order valence-corrected chi connectivity index (χ3v) is 3.56. The molecule has 0 fully saturated rings. The Kier molecular flexibility index (Phi) is 5.78. The molecule has 2 N–H and O–H groups in total.